The van der Waals surface area contributed by atoms with E-state index in [4.69, 9.17) is 23.7 Å². The second-order valence-electron chi connectivity index (χ2n) is 7.27. The Balaban J connectivity index is 1.73. The van der Waals surface area contributed by atoms with Crippen LogP contribution in [-0.4, -0.2) is 93.2 Å². The Labute approximate surface area is 192 Å². The molecular weight excluding hydrogens is 460 g/mol. The molecule has 1 heterocycles. The fourth-order valence-electron chi connectivity index (χ4n) is 3.19. The molecule has 186 valence electrons. The lowest BCUT2D eigenvalue weighted by Crippen LogP contribution is -2.60. The molecule has 1 saturated heterocycles. The first-order valence-corrected chi connectivity index (χ1v) is 9.80. The smallest absolute Gasteiger partial charge is 0.338 e. The Morgan fingerprint density at radius 2 is 1.41 bits per heavy atom. The van der Waals surface area contributed by atoms with Crippen molar-refractivity contribution in [1.29, 1.82) is 0 Å². The molecule has 1 aliphatic rings. The normalized spacial score (nSPS) is 24.3. The average Bonchev–Trinajstić information content (AvgIpc) is 2.82. The van der Waals surface area contributed by atoms with Crippen LogP contribution >= 0.6 is 0 Å². The number of rotatable bonds is 7. The molecule has 5 atom stereocenters. The molecular formula is C21H24O13. The number of hydrogen-bond donors (Lipinski definition) is 7. The quantitative estimate of drug-likeness (QED) is 0.197. The van der Waals surface area contributed by atoms with Gasteiger partial charge in [0, 0.05) is 12.1 Å². The van der Waals surface area contributed by atoms with Crippen LogP contribution in [0.4, 0.5) is 0 Å². The Morgan fingerprint density at radius 1 is 0.853 bits per heavy atom. The van der Waals surface area contributed by atoms with Crippen LogP contribution in [0.2, 0.25) is 0 Å². The Bertz CT molecular complexity index is 991. The van der Waals surface area contributed by atoms with E-state index in [0.29, 0.717) is 0 Å². The van der Waals surface area contributed by atoms with Crippen LogP contribution in [0.1, 0.15) is 10.4 Å². The summed E-state index contributed by atoms with van der Waals surface area (Å²) in [5, 5.41) is 69.1. The van der Waals surface area contributed by atoms with Crippen molar-refractivity contribution in [2.75, 3.05) is 20.8 Å². The van der Waals surface area contributed by atoms with Gasteiger partial charge >= 0.3 is 5.97 Å². The number of aliphatic hydroxyl groups excluding tert-OH is 3. The molecule has 1 fully saturated rings. The summed E-state index contributed by atoms with van der Waals surface area (Å²) in [7, 11) is 2.59. The van der Waals surface area contributed by atoms with Gasteiger partial charge in [0.2, 0.25) is 12.0 Å². The van der Waals surface area contributed by atoms with Crippen LogP contribution in [0, 0.1) is 0 Å². The largest absolute Gasteiger partial charge is 0.504 e. The molecule has 0 amide bonds. The molecule has 0 saturated carbocycles. The lowest BCUT2D eigenvalue weighted by molar-refractivity contribution is -0.277. The summed E-state index contributed by atoms with van der Waals surface area (Å²) in [6, 6.07) is 4.24. The summed E-state index contributed by atoms with van der Waals surface area (Å²) in [6.45, 7) is -0.617. The molecule has 0 aliphatic carbocycles. The van der Waals surface area contributed by atoms with Crippen LogP contribution < -0.4 is 14.2 Å². The van der Waals surface area contributed by atoms with Crippen molar-refractivity contribution in [3.8, 4) is 40.2 Å². The topological polar surface area (TPSA) is 205 Å². The monoisotopic (exact) mass is 484 g/mol. The number of carbonyl (C=O) groups is 1. The summed E-state index contributed by atoms with van der Waals surface area (Å²) in [6.07, 6.45) is -8.02. The van der Waals surface area contributed by atoms with Gasteiger partial charge in [-0.2, -0.15) is 0 Å². The highest BCUT2D eigenvalue weighted by Crippen LogP contribution is 2.41. The molecule has 2 aromatic carbocycles. The SMILES string of the molecule is COc1cc(O[C@H]2O[C@@H](COC(=O)c3cc(O)c(O)c(O)c3)[C@@H](O)[C@H](O)[C@H]2O)cc(OC)c1O. The number of carbonyl (C=O) groups excluding carboxylic acids is 1. The van der Waals surface area contributed by atoms with Crippen molar-refractivity contribution in [1.82, 2.24) is 0 Å². The maximum absolute atomic E-state index is 12.2. The van der Waals surface area contributed by atoms with Crippen molar-refractivity contribution in [3.63, 3.8) is 0 Å². The zero-order valence-corrected chi connectivity index (χ0v) is 18.0. The molecule has 0 aromatic heterocycles. The van der Waals surface area contributed by atoms with E-state index in [1.165, 1.54) is 26.4 Å². The Morgan fingerprint density at radius 3 is 1.94 bits per heavy atom. The second-order valence-corrected chi connectivity index (χ2v) is 7.27. The number of phenolic OH excluding ortho intramolecular Hbond substituents is 4. The maximum Gasteiger partial charge on any atom is 0.338 e. The van der Waals surface area contributed by atoms with Crippen molar-refractivity contribution in [2.45, 2.75) is 30.7 Å². The molecule has 2 aromatic rings. The lowest BCUT2D eigenvalue weighted by Gasteiger charge is -2.39. The fraction of sp³-hybridized carbons (Fsp3) is 0.381. The first kappa shape index (κ1) is 25.0. The van der Waals surface area contributed by atoms with Gasteiger partial charge in [-0.1, -0.05) is 0 Å². The summed E-state index contributed by atoms with van der Waals surface area (Å²) < 4.78 is 26.1. The van der Waals surface area contributed by atoms with Crippen molar-refractivity contribution in [2.24, 2.45) is 0 Å². The highest BCUT2D eigenvalue weighted by atomic mass is 16.7. The van der Waals surface area contributed by atoms with Crippen molar-refractivity contribution in [3.05, 3.63) is 29.8 Å². The minimum absolute atomic E-state index is 0.00823. The van der Waals surface area contributed by atoms with E-state index in [9.17, 15) is 40.5 Å². The molecule has 3 rings (SSSR count). The van der Waals surface area contributed by atoms with E-state index in [-0.39, 0.29) is 28.6 Å². The molecule has 0 radical (unpaired) electrons. The zero-order valence-electron chi connectivity index (χ0n) is 18.0. The number of benzene rings is 2. The first-order chi connectivity index (χ1) is 16.1. The van der Waals surface area contributed by atoms with E-state index in [1.807, 2.05) is 0 Å². The van der Waals surface area contributed by atoms with E-state index in [0.717, 1.165) is 12.1 Å². The molecule has 0 unspecified atom stereocenters. The van der Waals surface area contributed by atoms with Gasteiger partial charge in [0.05, 0.1) is 19.8 Å². The third-order valence-corrected chi connectivity index (χ3v) is 5.06. The molecule has 13 nitrogen and oxygen atoms in total. The summed E-state index contributed by atoms with van der Waals surface area (Å²) >= 11 is 0. The van der Waals surface area contributed by atoms with E-state index in [1.54, 1.807) is 0 Å². The lowest BCUT2D eigenvalue weighted by atomic mass is 9.99. The molecule has 0 bridgehead atoms. The molecule has 0 spiro atoms. The van der Waals surface area contributed by atoms with E-state index in [2.05, 4.69) is 0 Å². The summed E-state index contributed by atoms with van der Waals surface area (Å²) in [5.74, 6) is -3.67. The van der Waals surface area contributed by atoms with Crippen molar-refractivity contribution < 1.29 is 64.2 Å². The minimum atomic E-state index is -1.75. The first-order valence-electron chi connectivity index (χ1n) is 9.80. The third-order valence-electron chi connectivity index (χ3n) is 5.06. The van der Waals surface area contributed by atoms with Crippen LogP contribution in [0.15, 0.2) is 24.3 Å². The molecule has 13 heteroatoms. The van der Waals surface area contributed by atoms with Crippen LogP contribution in [0.5, 0.6) is 40.2 Å². The van der Waals surface area contributed by atoms with Crippen molar-refractivity contribution >= 4 is 5.97 Å². The molecule has 1 aliphatic heterocycles. The zero-order chi connectivity index (χ0) is 25.2. The van der Waals surface area contributed by atoms with Gasteiger partial charge in [-0.25, -0.2) is 4.79 Å². The van der Waals surface area contributed by atoms with Gasteiger partial charge < -0.3 is 59.4 Å². The number of hydrogen-bond acceptors (Lipinski definition) is 13. The van der Waals surface area contributed by atoms with Gasteiger partial charge in [-0.15, -0.1) is 0 Å². The van der Waals surface area contributed by atoms with E-state index < -0.39 is 60.5 Å². The summed E-state index contributed by atoms with van der Waals surface area (Å²) in [5.41, 5.74) is -0.310. The fourth-order valence-corrected chi connectivity index (χ4v) is 3.19. The van der Waals surface area contributed by atoms with Crippen LogP contribution in [0.3, 0.4) is 0 Å². The van der Waals surface area contributed by atoms with Crippen LogP contribution in [0.25, 0.3) is 0 Å². The highest BCUT2D eigenvalue weighted by molar-refractivity contribution is 5.91. The van der Waals surface area contributed by atoms with E-state index >= 15 is 0 Å². The number of phenols is 4. The summed E-state index contributed by atoms with van der Waals surface area (Å²) in [4.78, 5) is 12.2. The number of aromatic hydroxyl groups is 4. The molecule has 7 N–H and O–H groups in total. The highest BCUT2D eigenvalue weighted by Gasteiger charge is 2.45. The predicted octanol–water partition coefficient (Wildman–Crippen LogP) is -0.430. The standard InChI is InChI=1S/C21H24O13/c1-30-12-5-9(6-13(31-2)16(12)25)33-21-19(28)18(27)17(26)14(34-21)7-32-20(29)8-3-10(22)15(24)11(23)4-8/h3-6,14,17-19,21-28H,7H2,1-2H3/t14-,17+,18-,19+,21-/m0/s1. The van der Waals surface area contributed by atoms with Crippen LogP contribution in [-0.2, 0) is 9.47 Å². The number of esters is 1. The van der Waals surface area contributed by atoms with Gasteiger partial charge in [0.1, 0.15) is 36.8 Å². The number of ether oxygens (including phenoxy) is 5. The minimum Gasteiger partial charge on any atom is -0.504 e. The second kappa shape index (κ2) is 10.1. The maximum atomic E-state index is 12.2. The third kappa shape index (κ3) is 4.97. The number of aliphatic hydroxyl groups is 3. The Hall–Kier alpha value is -3.65. The van der Waals surface area contributed by atoms with Gasteiger partial charge in [-0.05, 0) is 12.1 Å². The molecule has 34 heavy (non-hydrogen) atoms. The number of methoxy groups -OCH3 is 2. The Kier molecular flexibility index (Phi) is 7.41. The van der Waals surface area contributed by atoms with Gasteiger partial charge in [0.15, 0.2) is 28.7 Å². The predicted molar refractivity (Wildman–Crippen MR) is 110 cm³/mol. The average molecular weight is 484 g/mol. The van der Waals surface area contributed by atoms with Gasteiger partial charge in [0.25, 0.3) is 0 Å². The van der Waals surface area contributed by atoms with Gasteiger partial charge in [-0.3, -0.25) is 0 Å².